The summed E-state index contributed by atoms with van der Waals surface area (Å²) in [5, 5.41) is 12.6. The molecule has 4 aliphatic heterocycles. The molecule has 1 aromatic carbocycles. The highest BCUT2D eigenvalue weighted by molar-refractivity contribution is 7.17. The molecule has 1 amide bonds. The van der Waals surface area contributed by atoms with Crippen molar-refractivity contribution < 1.29 is 4.79 Å². The number of nitrogens with zero attached hydrogens (tertiary/aromatic N) is 6. The Morgan fingerprint density at radius 3 is 2.93 bits per heavy atom. The second-order valence-electron chi connectivity index (χ2n) is 8.15. The zero-order chi connectivity index (χ0) is 20.6. The van der Waals surface area contributed by atoms with Crippen LogP contribution in [0.1, 0.15) is 24.8 Å². The highest BCUT2D eigenvalue weighted by atomic mass is 35.5. The number of hydrogen-bond donors (Lipinski definition) is 1. The summed E-state index contributed by atoms with van der Waals surface area (Å²) in [5.41, 5.74) is 3.87. The lowest BCUT2D eigenvalue weighted by Crippen LogP contribution is -2.55. The lowest BCUT2D eigenvalue weighted by molar-refractivity contribution is -0.127. The van der Waals surface area contributed by atoms with Gasteiger partial charge >= 0.3 is 0 Å². The highest BCUT2D eigenvalue weighted by Gasteiger charge is 2.51. The third-order valence-corrected chi connectivity index (χ3v) is 8.10. The molecule has 0 spiro atoms. The summed E-state index contributed by atoms with van der Waals surface area (Å²) >= 11 is 8.13. The van der Waals surface area contributed by atoms with Crippen LogP contribution in [0.3, 0.4) is 0 Å². The summed E-state index contributed by atoms with van der Waals surface area (Å²) in [6.45, 7) is 0. The van der Waals surface area contributed by atoms with Crippen LogP contribution in [0, 0.1) is 5.92 Å². The SMILES string of the molecule is CN[C@@H]1C[C@@H]2CC[C@H]1N2C1=NC2=NN=C(c3ccc4ncsc4c3Cl)C2C(=O)N1C. The first-order valence-electron chi connectivity index (χ1n) is 10.1. The average Bonchev–Trinajstić information content (AvgIpc) is 3.52. The number of thiazole rings is 1. The van der Waals surface area contributed by atoms with Gasteiger partial charge in [-0.25, -0.2) is 4.98 Å². The maximum Gasteiger partial charge on any atom is 0.246 e. The molecule has 2 saturated heterocycles. The van der Waals surface area contributed by atoms with Crippen LogP contribution in [0.2, 0.25) is 5.02 Å². The summed E-state index contributed by atoms with van der Waals surface area (Å²) in [4.78, 5) is 26.6. The molecule has 5 heterocycles. The van der Waals surface area contributed by atoms with E-state index in [0.29, 0.717) is 46.2 Å². The van der Waals surface area contributed by atoms with Crippen LogP contribution in [0.25, 0.3) is 10.2 Å². The van der Waals surface area contributed by atoms with E-state index in [2.05, 4.69) is 25.4 Å². The summed E-state index contributed by atoms with van der Waals surface area (Å²) in [6, 6.07) is 4.96. The number of guanidine groups is 1. The summed E-state index contributed by atoms with van der Waals surface area (Å²) in [6.07, 6.45) is 3.32. The fourth-order valence-corrected chi connectivity index (χ4v) is 6.39. The van der Waals surface area contributed by atoms with Gasteiger partial charge in [-0.05, 0) is 38.4 Å². The van der Waals surface area contributed by atoms with Gasteiger partial charge in [0.2, 0.25) is 11.9 Å². The number of fused-ring (bicyclic) bond motifs is 4. The molecule has 1 N–H and O–H groups in total. The van der Waals surface area contributed by atoms with Crippen molar-refractivity contribution in [2.45, 2.75) is 37.4 Å². The third kappa shape index (κ3) is 2.39. The molecule has 4 aliphatic rings. The number of likely N-dealkylation sites (N-methyl/N-ethyl adjacent to an activating group) is 1. The van der Waals surface area contributed by atoms with E-state index in [1.165, 1.54) is 11.3 Å². The minimum absolute atomic E-state index is 0.0669. The largest absolute Gasteiger partial charge is 0.335 e. The minimum atomic E-state index is -0.623. The molecular formula is C20H20ClN7OS. The number of hydrogen-bond acceptors (Lipinski definition) is 8. The topological polar surface area (TPSA) is 85.5 Å². The van der Waals surface area contributed by atoms with Gasteiger partial charge in [-0.3, -0.25) is 9.69 Å². The van der Waals surface area contributed by atoms with Crippen molar-refractivity contribution in [2.75, 3.05) is 14.1 Å². The quantitative estimate of drug-likeness (QED) is 0.775. The van der Waals surface area contributed by atoms with E-state index < -0.39 is 5.92 Å². The molecule has 0 saturated carbocycles. The van der Waals surface area contributed by atoms with Gasteiger partial charge in [-0.1, -0.05) is 11.6 Å². The Morgan fingerprint density at radius 2 is 2.13 bits per heavy atom. The molecular weight excluding hydrogens is 422 g/mol. The van der Waals surface area contributed by atoms with Gasteiger partial charge in [0.1, 0.15) is 5.92 Å². The number of aromatic nitrogens is 1. The Labute approximate surface area is 182 Å². The van der Waals surface area contributed by atoms with Crippen LogP contribution < -0.4 is 5.32 Å². The number of halogens is 1. The average molecular weight is 442 g/mol. The fraction of sp³-hybridized carbons (Fsp3) is 0.450. The monoisotopic (exact) mass is 441 g/mol. The predicted octanol–water partition coefficient (Wildman–Crippen LogP) is 2.33. The van der Waals surface area contributed by atoms with Gasteiger partial charge in [0.25, 0.3) is 0 Å². The zero-order valence-corrected chi connectivity index (χ0v) is 18.1. The van der Waals surface area contributed by atoms with E-state index in [9.17, 15) is 4.79 Å². The van der Waals surface area contributed by atoms with Crippen LogP contribution in [-0.2, 0) is 4.79 Å². The van der Waals surface area contributed by atoms with Crippen molar-refractivity contribution in [2.24, 2.45) is 21.1 Å². The molecule has 0 aliphatic carbocycles. The lowest BCUT2D eigenvalue weighted by atomic mass is 9.94. The number of amidine groups is 1. The van der Waals surface area contributed by atoms with Gasteiger partial charge in [0.15, 0.2) is 5.84 Å². The number of amides is 1. The molecule has 10 heteroatoms. The zero-order valence-electron chi connectivity index (χ0n) is 16.5. The van der Waals surface area contributed by atoms with Crippen molar-refractivity contribution >= 4 is 56.6 Å². The van der Waals surface area contributed by atoms with Gasteiger partial charge in [-0.15, -0.1) is 16.4 Å². The number of carbonyl (C=O) groups is 1. The van der Waals surface area contributed by atoms with E-state index in [4.69, 9.17) is 16.6 Å². The van der Waals surface area contributed by atoms with Crippen molar-refractivity contribution in [3.8, 4) is 0 Å². The minimum Gasteiger partial charge on any atom is -0.335 e. The van der Waals surface area contributed by atoms with E-state index >= 15 is 0 Å². The summed E-state index contributed by atoms with van der Waals surface area (Å²) < 4.78 is 0.887. The molecule has 30 heavy (non-hydrogen) atoms. The molecule has 1 unspecified atom stereocenters. The molecule has 4 atom stereocenters. The second kappa shape index (κ2) is 6.57. The number of aliphatic imine (C=N–C) groups is 1. The second-order valence-corrected chi connectivity index (χ2v) is 9.38. The maximum absolute atomic E-state index is 13.5. The number of benzene rings is 1. The smallest absolute Gasteiger partial charge is 0.246 e. The molecule has 1 aromatic heterocycles. The normalized spacial score (nSPS) is 30.1. The Bertz CT molecular complexity index is 1170. The van der Waals surface area contributed by atoms with Gasteiger partial charge in [0.05, 0.1) is 26.5 Å². The van der Waals surface area contributed by atoms with Crippen LogP contribution >= 0.6 is 22.9 Å². The van der Waals surface area contributed by atoms with Gasteiger partial charge in [0, 0.05) is 30.7 Å². The fourth-order valence-electron chi connectivity index (χ4n) is 5.27. The summed E-state index contributed by atoms with van der Waals surface area (Å²) in [5.74, 6) is 0.460. The first-order valence-corrected chi connectivity index (χ1v) is 11.3. The Balaban J connectivity index is 1.37. The molecule has 8 nitrogen and oxygen atoms in total. The van der Waals surface area contributed by atoms with Crippen molar-refractivity contribution in [1.82, 2.24) is 20.1 Å². The first kappa shape index (κ1) is 18.4. The Kier molecular flexibility index (Phi) is 4.03. The third-order valence-electron chi connectivity index (χ3n) is 6.74. The van der Waals surface area contributed by atoms with Crippen LogP contribution in [0.5, 0.6) is 0 Å². The molecule has 0 radical (unpaired) electrons. The van der Waals surface area contributed by atoms with E-state index in [1.54, 1.807) is 17.5 Å². The maximum atomic E-state index is 13.5. The van der Waals surface area contributed by atoms with Crippen LogP contribution in [-0.4, -0.2) is 70.4 Å². The summed E-state index contributed by atoms with van der Waals surface area (Å²) in [7, 11) is 3.80. The van der Waals surface area contributed by atoms with Crippen LogP contribution in [0.4, 0.5) is 0 Å². The molecule has 2 fully saturated rings. The first-order chi connectivity index (χ1) is 14.6. The van der Waals surface area contributed by atoms with E-state index in [-0.39, 0.29) is 5.91 Å². The number of carbonyl (C=O) groups excluding carboxylic acids is 1. The number of nitrogens with one attached hydrogen (secondary N) is 1. The number of rotatable bonds is 2. The Hall–Kier alpha value is -2.36. The van der Waals surface area contributed by atoms with Crippen molar-refractivity contribution in [3.05, 3.63) is 28.2 Å². The molecule has 154 valence electrons. The molecule has 2 aromatic rings. The molecule has 2 bridgehead atoms. The predicted molar refractivity (Wildman–Crippen MR) is 118 cm³/mol. The van der Waals surface area contributed by atoms with Crippen molar-refractivity contribution in [3.63, 3.8) is 0 Å². The van der Waals surface area contributed by atoms with Gasteiger partial charge in [-0.2, -0.15) is 10.1 Å². The molecule has 6 rings (SSSR count). The highest BCUT2D eigenvalue weighted by Crippen LogP contribution is 2.40. The van der Waals surface area contributed by atoms with Crippen LogP contribution in [0.15, 0.2) is 32.8 Å². The van der Waals surface area contributed by atoms with Crippen molar-refractivity contribution in [1.29, 1.82) is 0 Å². The lowest BCUT2D eigenvalue weighted by Gasteiger charge is -2.36. The van der Waals surface area contributed by atoms with E-state index in [1.807, 2.05) is 19.2 Å². The standard InChI is InChI=1S/C20H20ClN7OS/c1-22-12-7-9-3-6-13(12)28(9)20-24-18-14(19(29)27(20)2)16(25-26-18)10-4-5-11-17(15(10)21)30-8-23-11/h4-5,8-9,12-14,22H,3,6-7H2,1-2H3/t9-,12+,13+,14?/m0/s1. The van der Waals surface area contributed by atoms with E-state index in [0.717, 1.165) is 29.5 Å². The Morgan fingerprint density at radius 1 is 1.27 bits per heavy atom. The van der Waals surface area contributed by atoms with Gasteiger partial charge < -0.3 is 10.2 Å².